The number of carbonyl (C=O) groups is 7. The van der Waals surface area contributed by atoms with Crippen LogP contribution in [0.5, 0.6) is 0 Å². The molecule has 0 bridgehead atoms. The molecule has 0 fully saturated rings. The summed E-state index contributed by atoms with van der Waals surface area (Å²) in [6, 6.07) is 0. The van der Waals surface area contributed by atoms with Gasteiger partial charge in [-0.15, -0.1) is 0 Å². The van der Waals surface area contributed by atoms with E-state index in [1.54, 1.807) is 32.0 Å². The summed E-state index contributed by atoms with van der Waals surface area (Å²) in [4.78, 5) is 75.0. The van der Waals surface area contributed by atoms with Gasteiger partial charge in [0.15, 0.2) is 0 Å². The van der Waals surface area contributed by atoms with Crippen molar-refractivity contribution in [2.45, 2.75) is 339 Å². The van der Waals surface area contributed by atoms with Gasteiger partial charge in [-0.2, -0.15) is 0 Å². The summed E-state index contributed by atoms with van der Waals surface area (Å²) in [5, 5.41) is 0. The molecule has 0 aromatic rings. The number of carbonyl (C=O) groups excluding carboxylic acids is 7. The fourth-order valence-electron chi connectivity index (χ4n) is 17.0. The minimum atomic E-state index is -0.201. The number of rotatable bonds is 76. The highest BCUT2D eigenvalue weighted by Crippen LogP contribution is 2.17. The highest BCUT2D eigenvalue weighted by Gasteiger charge is 2.30. The molecule has 0 aromatic carbocycles. The molecule has 0 aliphatic heterocycles. The van der Waals surface area contributed by atoms with Gasteiger partial charge < -0.3 is 101 Å². The molecule has 0 saturated carbocycles. The summed E-state index contributed by atoms with van der Waals surface area (Å²) in [7, 11) is 18.8. The van der Waals surface area contributed by atoms with Crippen molar-refractivity contribution in [2.75, 3.05) is 365 Å². The molecule has 0 saturated heterocycles. The van der Waals surface area contributed by atoms with Crippen LogP contribution in [0.4, 0.5) is 0 Å². The van der Waals surface area contributed by atoms with Crippen LogP contribution in [0.1, 0.15) is 339 Å². The number of quaternary nitrogens is 11. The molecule has 894 valence electrons. The van der Waals surface area contributed by atoms with Gasteiger partial charge in [-0.1, -0.05) is 127 Å². The van der Waals surface area contributed by atoms with E-state index < -0.39 is 0 Å². The number of hydrogen-bond donors (Lipinski definition) is 0. The van der Waals surface area contributed by atoms with Gasteiger partial charge in [0.1, 0.15) is 145 Å². The minimum absolute atomic E-state index is 0.0813. The van der Waals surface area contributed by atoms with Crippen LogP contribution in [-0.2, 0) is 85.7 Å². The lowest BCUT2D eigenvalue weighted by Gasteiger charge is -2.37. The van der Waals surface area contributed by atoms with Crippen molar-refractivity contribution in [3.8, 4) is 0 Å². The van der Waals surface area contributed by atoms with Crippen molar-refractivity contribution < 1.29 is 135 Å². The smallest absolute Gasteiger partial charge is 0.305 e. The minimum Gasteiger partial charge on any atom is -0.496 e. The molecule has 0 aliphatic carbocycles. The first kappa shape index (κ1) is 165. The summed E-state index contributed by atoms with van der Waals surface area (Å²) in [5.41, 5.74) is 0. The normalized spacial score (nSPS) is 12.4. The van der Waals surface area contributed by atoms with E-state index in [9.17, 15) is 33.6 Å². The Kier molecular flexibility index (Phi) is 121. The van der Waals surface area contributed by atoms with Gasteiger partial charge in [0.25, 0.3) is 0 Å². The predicted molar refractivity (Wildman–Crippen MR) is 631 cm³/mol. The Hall–Kier alpha value is -5.99. The Labute approximate surface area is 925 Å². The van der Waals surface area contributed by atoms with Crippen molar-refractivity contribution in [3.05, 3.63) is 49.4 Å². The van der Waals surface area contributed by atoms with Crippen LogP contribution in [0.3, 0.4) is 0 Å². The van der Waals surface area contributed by atoms with Crippen LogP contribution in [0.2, 0.25) is 0 Å². The zero-order valence-corrected chi connectivity index (χ0v) is 108. The molecule has 29 heteroatoms. The van der Waals surface area contributed by atoms with Gasteiger partial charge in [-0.3, -0.25) is 33.6 Å². The highest BCUT2D eigenvalue weighted by atomic mass is 16.6. The van der Waals surface area contributed by atoms with Crippen molar-refractivity contribution in [2.24, 2.45) is 0 Å². The number of ether oxygens (including phenoxy) is 11. The zero-order valence-electron chi connectivity index (χ0n) is 108. The average Bonchev–Trinajstić information content (AvgIpc) is 0.876. The van der Waals surface area contributed by atoms with Gasteiger partial charge >= 0.3 is 41.8 Å². The number of likely N-dealkylation sites (N-methyl/N-ethyl adjacent to an activating group) is 11. The summed E-state index contributed by atoms with van der Waals surface area (Å²) in [5.74, 6) is -1.000. The van der Waals surface area contributed by atoms with Gasteiger partial charge in [-0.25, -0.2) is 0 Å². The van der Waals surface area contributed by atoms with Crippen LogP contribution in [0.25, 0.3) is 0 Å². The first-order valence-corrected chi connectivity index (χ1v) is 59.4. The maximum Gasteiger partial charge on any atom is 0.305 e. The van der Waals surface area contributed by atoms with E-state index in [1.165, 1.54) is 212 Å². The fourth-order valence-corrected chi connectivity index (χ4v) is 17.0. The second-order valence-electron chi connectivity index (χ2n) is 42.4. The van der Waals surface area contributed by atoms with E-state index in [4.69, 9.17) is 52.1 Å². The monoisotopic (exact) mass is 2150 g/mol. The summed E-state index contributed by atoms with van der Waals surface area (Å²) in [6.07, 6.45) is 31.1. The number of nitrogens with zero attached hydrogens (tertiary/aromatic N) is 11. The predicted octanol–water partition coefficient (Wildman–Crippen LogP) is 22.0. The lowest BCUT2D eigenvalue weighted by molar-refractivity contribution is -0.927. The molecule has 0 N–H and O–H groups in total. The van der Waals surface area contributed by atoms with Crippen LogP contribution in [0, 0.1) is 0 Å². The Morgan fingerprint density at radius 1 is 0.174 bits per heavy atom. The van der Waals surface area contributed by atoms with E-state index in [0.717, 1.165) is 198 Å². The number of unbranched alkanes of at least 4 members (excludes halogenated alkanes) is 2. The molecule has 2 atom stereocenters. The van der Waals surface area contributed by atoms with Crippen LogP contribution in [-0.4, -0.2) is 456 Å². The standard InChI is InChI=1S/C14H30NO.2C13H28NO2.C13H28NO.C12H26NO2.C11H24NO2.C11H24NO.C10H22NO2.C8H18NO2.C8H18NO.C7H16NO2/c1-5-9-11-15(8-4,10-6-2)12-14-16-13-7-3;1-5-8-10-14(7-3,9-6-2)11-12-16-13(4)15;1-5-9-14(8-4,10-6-2)11-12-16-13(15)7-3;1-5-9-14(8-4,10-6-2)11-13-15-12-7-3;1-5-8-13(7-3,9-6-2)10-11-15-12(4)14;1-5-11(13)14-10-9-12(6-2,7-3)8-4;1-5-10-13-11-9-12(6-2,7-3)8-4;1-5-11(6-2,7-3)8-9-13-10(4)12;1-5-8(10)11-7-6-9(2,3)4;1-5-7-10-8-6-9(2,3)4;1-7(9)10-6-5-8(2,3)4/h7,13H,5-6,8-12,14H2,1-4H3;2*5-12H2,1-4H3;7,12H,5-6,8-11,13H2,1-4H3;5-11H2,1-4H3;5-10H2,1-4H3;5,10H,6-9,11H2,1-4H3;5-9H2,1-4H3;5-7H2,1-4H3;5,7H,6,8H2,1-4H3;5-6H2,1-4H3/q11*+1/b13-7+;;;12-7+;;;10-5+;;;7-5+;. The second-order valence-corrected chi connectivity index (χ2v) is 42.4. The number of allylic oxidation sites excluding steroid dienone is 4. The van der Waals surface area contributed by atoms with E-state index in [0.29, 0.717) is 65.5 Å². The fraction of sp³-hybridized carbons (Fsp3) is 0.875. The third-order valence-corrected chi connectivity index (χ3v) is 28.0. The van der Waals surface area contributed by atoms with Gasteiger partial charge in [0, 0.05) is 47.0 Å². The highest BCUT2D eigenvalue weighted by molar-refractivity contribution is 5.69. The third kappa shape index (κ3) is 107. The topological polar surface area (TPSA) is 221 Å². The Morgan fingerprint density at radius 3 is 0.470 bits per heavy atom. The van der Waals surface area contributed by atoms with Crippen LogP contribution >= 0.6 is 0 Å². The Bertz CT molecular complexity index is 3050. The first-order chi connectivity index (χ1) is 70.2. The lowest BCUT2D eigenvalue weighted by Crippen LogP contribution is -2.51. The Balaban J connectivity index is -0.000000157. The van der Waals surface area contributed by atoms with Gasteiger partial charge in [0.05, 0.1) is 246 Å². The molecule has 0 spiro atoms. The molecule has 0 radical (unpaired) electrons. The van der Waals surface area contributed by atoms with Gasteiger partial charge in [0.2, 0.25) is 0 Å². The molecule has 0 aromatic heterocycles. The van der Waals surface area contributed by atoms with Gasteiger partial charge in [-0.05, 0) is 189 Å². The van der Waals surface area contributed by atoms with Crippen molar-refractivity contribution in [1.82, 2.24) is 0 Å². The molecular formula is C120H262N11O18+11. The molecule has 29 nitrogen and oxygen atoms in total. The van der Waals surface area contributed by atoms with Crippen molar-refractivity contribution in [3.63, 3.8) is 0 Å². The third-order valence-electron chi connectivity index (χ3n) is 28.0. The quantitative estimate of drug-likeness (QED) is 0.0182. The summed E-state index contributed by atoms with van der Waals surface area (Å²) in [6.45, 7) is 119. The van der Waals surface area contributed by atoms with E-state index in [2.05, 4.69) is 230 Å². The van der Waals surface area contributed by atoms with Crippen LogP contribution in [0.15, 0.2) is 49.4 Å². The molecular weight excluding hydrogens is 1880 g/mol. The maximum absolute atomic E-state index is 11.1. The Morgan fingerprint density at radius 2 is 0.315 bits per heavy atom. The molecule has 2 unspecified atom stereocenters. The zero-order chi connectivity index (χ0) is 117. The lowest BCUT2D eigenvalue weighted by atomic mass is 10.2. The average molecular weight is 2150 g/mol. The molecule has 0 rings (SSSR count). The van der Waals surface area contributed by atoms with E-state index in [1.807, 2.05) is 65.8 Å². The molecule has 0 heterocycles. The van der Waals surface area contributed by atoms with Crippen LogP contribution < -0.4 is 0 Å². The largest absolute Gasteiger partial charge is 0.496 e. The van der Waals surface area contributed by atoms with E-state index in [-0.39, 0.29) is 41.8 Å². The molecule has 149 heavy (non-hydrogen) atoms. The number of hydrogen-bond acceptors (Lipinski definition) is 18. The SMILES string of the molecule is C/C=C/OCC[N+](C)(C)C.C/C=C/OCC[N+](CC)(CC)CC.C/C=C/OCC[N+](CC)(CCC)CCC.C/C=C/OCC[N+](CC)(CCC)CCCC.CC(=O)OCC[N+](C)(C)C.CCC(=O)OCC[N+](C)(C)C.CCC(=O)OCC[N+](CC)(CC)CC.CCCC[N+](CC)(CCC)CCOC(C)=O.CCC[N+](CC)(CCC)CCOC(=O)CC.CCC[N+](CC)(CCC)CCOC(C)=O.CC[N+](CC)(CC)CCOC(C)=O. The second kappa shape index (κ2) is 109. The maximum atomic E-state index is 11.1. The van der Waals surface area contributed by atoms with E-state index >= 15 is 0 Å². The first-order valence-electron chi connectivity index (χ1n) is 59.4. The molecule has 0 amide bonds. The summed E-state index contributed by atoms with van der Waals surface area (Å²) < 4.78 is 68.0. The van der Waals surface area contributed by atoms with Crippen molar-refractivity contribution in [1.29, 1.82) is 0 Å². The molecule has 0 aliphatic rings. The van der Waals surface area contributed by atoms with Crippen molar-refractivity contribution >= 4 is 41.8 Å². The number of esters is 7. The summed E-state index contributed by atoms with van der Waals surface area (Å²) >= 11 is 0.